The molecule has 2 fully saturated rings. The number of benzene rings is 1. The molecule has 0 spiro atoms. The minimum absolute atomic E-state index is 0.136. The van der Waals surface area contributed by atoms with Crippen molar-refractivity contribution in [3.05, 3.63) is 29.8 Å². The van der Waals surface area contributed by atoms with E-state index in [9.17, 15) is 10.4 Å². The van der Waals surface area contributed by atoms with E-state index in [1.54, 1.807) is 0 Å². The fraction of sp³-hybridized carbons (Fsp3) is 0.611. The summed E-state index contributed by atoms with van der Waals surface area (Å²) in [5, 5.41) is 20.5. The van der Waals surface area contributed by atoms with Crippen molar-refractivity contribution in [2.45, 2.75) is 51.7 Å². The van der Waals surface area contributed by atoms with Crippen LogP contribution in [0.25, 0.3) is 0 Å². The Bertz CT molecular complexity index is 545. The van der Waals surface area contributed by atoms with Crippen LogP contribution in [0.4, 0.5) is 0 Å². The van der Waals surface area contributed by atoms with Crippen LogP contribution in [0.1, 0.15) is 51.2 Å². The highest BCUT2D eigenvalue weighted by molar-refractivity contribution is 5.32. The summed E-state index contributed by atoms with van der Waals surface area (Å²) < 4.78 is 5.63. The summed E-state index contributed by atoms with van der Waals surface area (Å²) in [6.07, 6.45) is 3.72. The third kappa shape index (κ3) is 2.42. The van der Waals surface area contributed by atoms with Crippen molar-refractivity contribution in [3.63, 3.8) is 0 Å². The number of nitrogens with zero attached hydrogens (tertiary/aromatic N) is 1. The number of aliphatic hydroxyl groups is 1. The minimum atomic E-state index is -0.689. The van der Waals surface area contributed by atoms with Crippen LogP contribution in [-0.4, -0.2) is 11.2 Å². The second kappa shape index (κ2) is 5.35. The number of aliphatic hydroxyl groups excluding tert-OH is 1. The molecular weight excluding hydrogens is 262 g/mol. The van der Waals surface area contributed by atoms with Crippen LogP contribution in [-0.2, 0) is 0 Å². The fourth-order valence-electron chi connectivity index (χ4n) is 4.20. The summed E-state index contributed by atoms with van der Waals surface area (Å²) >= 11 is 0. The van der Waals surface area contributed by atoms with Gasteiger partial charge in [-0.05, 0) is 62.6 Å². The number of hydrogen-bond acceptors (Lipinski definition) is 3. The van der Waals surface area contributed by atoms with Gasteiger partial charge < -0.3 is 9.84 Å². The predicted molar refractivity (Wildman–Crippen MR) is 80.7 cm³/mol. The van der Waals surface area contributed by atoms with Crippen LogP contribution in [0.5, 0.6) is 5.75 Å². The highest BCUT2D eigenvalue weighted by Gasteiger charge is 2.55. The summed E-state index contributed by atoms with van der Waals surface area (Å²) in [7, 11) is 0. The minimum Gasteiger partial charge on any atom is -0.491 e. The second-order valence-corrected chi connectivity index (χ2v) is 6.87. The molecule has 2 aliphatic carbocycles. The van der Waals surface area contributed by atoms with Crippen LogP contribution >= 0.6 is 0 Å². The monoisotopic (exact) mass is 285 g/mol. The molecule has 4 atom stereocenters. The Morgan fingerprint density at radius 1 is 1.29 bits per heavy atom. The van der Waals surface area contributed by atoms with E-state index in [0.717, 1.165) is 30.6 Å². The van der Waals surface area contributed by atoms with Gasteiger partial charge in [-0.15, -0.1) is 0 Å². The first-order chi connectivity index (χ1) is 10.0. The molecule has 0 aliphatic heterocycles. The lowest BCUT2D eigenvalue weighted by Crippen LogP contribution is -2.33. The molecule has 1 N–H and O–H groups in total. The smallest absolute Gasteiger partial charge is 0.119 e. The van der Waals surface area contributed by atoms with Gasteiger partial charge in [0.2, 0.25) is 0 Å². The van der Waals surface area contributed by atoms with Crippen LogP contribution in [0.3, 0.4) is 0 Å². The van der Waals surface area contributed by atoms with Crippen molar-refractivity contribution in [3.8, 4) is 11.8 Å². The van der Waals surface area contributed by atoms with Crippen molar-refractivity contribution in [2.24, 2.45) is 17.3 Å². The van der Waals surface area contributed by atoms with Crippen LogP contribution in [0.2, 0.25) is 0 Å². The SMILES string of the molecule is CC(C)Oc1ccc(C(O)C2(C#N)CC3CCC2C3)cc1. The number of fused-ring (bicyclic) bond motifs is 2. The molecule has 0 aromatic heterocycles. The van der Waals surface area contributed by atoms with Gasteiger partial charge in [-0.2, -0.15) is 5.26 Å². The average Bonchev–Trinajstić information content (AvgIpc) is 3.07. The summed E-state index contributed by atoms with van der Waals surface area (Å²) in [6, 6.07) is 10.0. The van der Waals surface area contributed by atoms with Gasteiger partial charge in [0.1, 0.15) is 5.75 Å². The van der Waals surface area contributed by atoms with Crippen LogP contribution in [0.15, 0.2) is 24.3 Å². The summed E-state index contributed by atoms with van der Waals surface area (Å²) in [6.45, 7) is 3.98. The van der Waals surface area contributed by atoms with Gasteiger partial charge >= 0.3 is 0 Å². The van der Waals surface area contributed by atoms with Gasteiger partial charge in [-0.1, -0.05) is 18.6 Å². The molecule has 112 valence electrons. The standard InChI is InChI=1S/C18H23NO2/c1-12(2)21-16-7-4-14(5-8-16)17(20)18(11-19)10-13-3-6-15(18)9-13/h4-5,7-8,12-13,15,17,20H,3,6,9-10H2,1-2H3. The first kappa shape index (κ1) is 14.4. The second-order valence-electron chi connectivity index (χ2n) is 6.87. The van der Waals surface area contributed by atoms with Crippen LogP contribution in [0, 0.1) is 28.6 Å². The van der Waals surface area contributed by atoms with Crippen molar-refractivity contribution in [1.29, 1.82) is 5.26 Å². The van der Waals surface area contributed by atoms with Crippen molar-refractivity contribution in [2.75, 3.05) is 0 Å². The molecule has 1 aromatic carbocycles. The first-order valence-electron chi connectivity index (χ1n) is 7.91. The largest absolute Gasteiger partial charge is 0.491 e. The maximum Gasteiger partial charge on any atom is 0.119 e. The molecule has 0 radical (unpaired) electrons. The molecule has 1 aromatic rings. The first-order valence-corrected chi connectivity index (χ1v) is 7.91. The van der Waals surface area contributed by atoms with Crippen molar-refractivity contribution < 1.29 is 9.84 Å². The number of hydrogen-bond donors (Lipinski definition) is 1. The number of ether oxygens (including phenoxy) is 1. The quantitative estimate of drug-likeness (QED) is 0.914. The average molecular weight is 285 g/mol. The number of rotatable bonds is 4. The fourth-order valence-corrected chi connectivity index (χ4v) is 4.20. The molecule has 3 heteroatoms. The van der Waals surface area contributed by atoms with Gasteiger partial charge in [0, 0.05) is 0 Å². The Balaban J connectivity index is 1.81. The van der Waals surface area contributed by atoms with Gasteiger partial charge in [0.05, 0.1) is 23.7 Å². The van der Waals surface area contributed by atoms with Gasteiger partial charge in [-0.25, -0.2) is 0 Å². The Labute approximate surface area is 126 Å². The van der Waals surface area contributed by atoms with E-state index in [4.69, 9.17) is 4.74 Å². The van der Waals surface area contributed by atoms with E-state index < -0.39 is 11.5 Å². The van der Waals surface area contributed by atoms with Gasteiger partial charge in [-0.3, -0.25) is 0 Å². The molecule has 0 heterocycles. The molecule has 2 saturated carbocycles. The van der Waals surface area contributed by atoms with Crippen molar-refractivity contribution >= 4 is 0 Å². The van der Waals surface area contributed by atoms with Crippen LogP contribution < -0.4 is 4.74 Å². The predicted octanol–water partition coefficient (Wildman–Crippen LogP) is 3.84. The van der Waals surface area contributed by atoms with E-state index in [2.05, 4.69) is 6.07 Å². The Kier molecular flexibility index (Phi) is 3.67. The molecule has 2 bridgehead atoms. The van der Waals surface area contributed by atoms with Gasteiger partial charge in [0.15, 0.2) is 0 Å². The zero-order valence-electron chi connectivity index (χ0n) is 12.7. The lowest BCUT2D eigenvalue weighted by atomic mass is 9.68. The Morgan fingerprint density at radius 3 is 2.48 bits per heavy atom. The molecule has 0 saturated heterocycles. The maximum atomic E-state index is 10.8. The lowest BCUT2D eigenvalue weighted by molar-refractivity contribution is 0.0233. The van der Waals surface area contributed by atoms with E-state index >= 15 is 0 Å². The maximum absolute atomic E-state index is 10.8. The molecule has 3 rings (SSSR count). The molecular formula is C18H23NO2. The summed E-state index contributed by atoms with van der Waals surface area (Å²) in [5.74, 6) is 1.79. The van der Waals surface area contributed by atoms with E-state index in [0.29, 0.717) is 11.8 Å². The Hall–Kier alpha value is -1.53. The Morgan fingerprint density at radius 2 is 2.00 bits per heavy atom. The molecule has 4 unspecified atom stereocenters. The zero-order chi connectivity index (χ0) is 15.0. The highest BCUT2D eigenvalue weighted by Crippen LogP contribution is 2.60. The molecule has 0 amide bonds. The van der Waals surface area contributed by atoms with Gasteiger partial charge in [0.25, 0.3) is 0 Å². The lowest BCUT2D eigenvalue weighted by Gasteiger charge is -2.35. The van der Waals surface area contributed by atoms with Crippen molar-refractivity contribution in [1.82, 2.24) is 0 Å². The molecule has 21 heavy (non-hydrogen) atoms. The third-order valence-electron chi connectivity index (χ3n) is 5.16. The van der Waals surface area contributed by atoms with E-state index in [1.807, 2.05) is 38.1 Å². The van der Waals surface area contributed by atoms with E-state index in [1.165, 1.54) is 6.42 Å². The summed E-state index contributed by atoms with van der Waals surface area (Å²) in [4.78, 5) is 0. The normalized spacial score (nSPS) is 32.1. The summed E-state index contributed by atoms with van der Waals surface area (Å²) in [5.41, 5.74) is 0.254. The van der Waals surface area contributed by atoms with E-state index in [-0.39, 0.29) is 6.10 Å². The third-order valence-corrected chi connectivity index (χ3v) is 5.16. The topological polar surface area (TPSA) is 53.2 Å². The zero-order valence-corrected chi connectivity index (χ0v) is 12.7. The number of nitriles is 1. The highest BCUT2D eigenvalue weighted by atomic mass is 16.5. The molecule has 2 aliphatic rings. The molecule has 3 nitrogen and oxygen atoms in total.